The van der Waals surface area contributed by atoms with Crippen LogP contribution in [0.3, 0.4) is 0 Å². The van der Waals surface area contributed by atoms with Crippen LogP contribution in [0.4, 0.5) is 0 Å². The van der Waals surface area contributed by atoms with E-state index in [-0.39, 0.29) is 0 Å². The van der Waals surface area contributed by atoms with Crippen LogP contribution in [0.2, 0.25) is 0 Å². The van der Waals surface area contributed by atoms with E-state index in [1.165, 1.54) is 16.6 Å². The largest absolute Gasteiger partial charge is 0.307 e. The number of imidazole rings is 1. The van der Waals surface area contributed by atoms with Crippen molar-refractivity contribution in [2.75, 3.05) is 0 Å². The maximum atomic E-state index is 5.03. The average molecular weight is 516 g/mol. The molecule has 0 amide bonds. The van der Waals surface area contributed by atoms with Gasteiger partial charge in [-0.3, -0.25) is 14.5 Å². The van der Waals surface area contributed by atoms with Crippen molar-refractivity contribution >= 4 is 28.0 Å². The second-order valence-corrected chi connectivity index (χ2v) is 10.1. The van der Waals surface area contributed by atoms with Crippen molar-refractivity contribution in [3.05, 3.63) is 133 Å². The highest BCUT2D eigenvalue weighted by atomic mass is 15.1. The van der Waals surface area contributed by atoms with Gasteiger partial charge in [0, 0.05) is 46.0 Å². The van der Waals surface area contributed by atoms with E-state index in [9.17, 15) is 0 Å². The van der Waals surface area contributed by atoms with Crippen molar-refractivity contribution in [1.29, 1.82) is 0 Å². The van der Waals surface area contributed by atoms with Crippen molar-refractivity contribution in [2.24, 2.45) is 0 Å². The molecule has 40 heavy (non-hydrogen) atoms. The van der Waals surface area contributed by atoms with Crippen molar-refractivity contribution in [2.45, 2.75) is 12.8 Å². The summed E-state index contributed by atoms with van der Waals surface area (Å²) in [5.41, 5.74) is 12.1. The third-order valence-electron chi connectivity index (χ3n) is 7.78. The first-order valence-corrected chi connectivity index (χ1v) is 13.6. The van der Waals surface area contributed by atoms with Crippen molar-refractivity contribution < 1.29 is 0 Å². The molecule has 0 fully saturated rings. The highest BCUT2D eigenvalue weighted by Gasteiger charge is 2.22. The van der Waals surface area contributed by atoms with Crippen molar-refractivity contribution in [3.8, 4) is 33.9 Å². The van der Waals surface area contributed by atoms with Gasteiger partial charge in [0.25, 0.3) is 0 Å². The minimum atomic E-state index is 0.956. The summed E-state index contributed by atoms with van der Waals surface area (Å²) in [5.74, 6) is 0. The van der Waals surface area contributed by atoms with E-state index < -0.39 is 0 Å². The van der Waals surface area contributed by atoms with Crippen LogP contribution >= 0.6 is 0 Å². The Hall–Kier alpha value is -5.29. The number of nitrogens with zero attached hydrogens (tertiary/aromatic N) is 5. The summed E-state index contributed by atoms with van der Waals surface area (Å²) in [4.78, 5) is 14.2. The van der Waals surface area contributed by atoms with Crippen molar-refractivity contribution in [3.63, 3.8) is 0 Å². The minimum absolute atomic E-state index is 0.956. The zero-order valence-corrected chi connectivity index (χ0v) is 21.8. The Morgan fingerprint density at radius 1 is 0.650 bits per heavy atom. The molecular weight excluding hydrogens is 490 g/mol. The fraction of sp³-hybridized carbons (Fsp3) is 0.0571. The lowest BCUT2D eigenvalue weighted by molar-refractivity contribution is 0.968. The van der Waals surface area contributed by atoms with Crippen LogP contribution in [-0.4, -0.2) is 24.1 Å². The lowest BCUT2D eigenvalue weighted by Crippen LogP contribution is -2.01. The predicted molar refractivity (Wildman–Crippen MR) is 162 cm³/mol. The number of fused-ring (bicyclic) bond motifs is 5. The molecule has 3 aromatic carbocycles. The molecule has 4 aromatic heterocycles. The molecule has 5 nitrogen and oxygen atoms in total. The first-order chi connectivity index (χ1) is 19.8. The number of pyridine rings is 2. The van der Waals surface area contributed by atoms with Gasteiger partial charge < -0.3 is 4.57 Å². The molecule has 4 heterocycles. The van der Waals surface area contributed by atoms with Crippen molar-refractivity contribution in [1.82, 2.24) is 24.1 Å². The van der Waals surface area contributed by atoms with E-state index in [1.807, 2.05) is 49.1 Å². The average Bonchev–Trinajstić information content (AvgIpc) is 3.62. The minimum Gasteiger partial charge on any atom is -0.307 e. The van der Waals surface area contributed by atoms with Crippen LogP contribution in [0.1, 0.15) is 17.7 Å². The Kier molecular flexibility index (Phi) is 5.20. The summed E-state index contributed by atoms with van der Waals surface area (Å²) in [6.45, 7) is 0. The summed E-state index contributed by atoms with van der Waals surface area (Å²) in [6, 6.07) is 33.7. The molecule has 0 spiro atoms. The molecule has 8 rings (SSSR count). The molecule has 0 radical (unpaired) electrons. The summed E-state index contributed by atoms with van der Waals surface area (Å²) < 4.78 is 4.56. The number of allylic oxidation sites excluding steroid dienone is 1. The zero-order valence-electron chi connectivity index (χ0n) is 21.8. The van der Waals surface area contributed by atoms with Gasteiger partial charge in [-0.15, -0.1) is 0 Å². The predicted octanol–water partition coefficient (Wildman–Crippen LogP) is 8.05. The molecule has 7 aromatic rings. The lowest BCUT2D eigenvalue weighted by atomic mass is 10.0. The maximum Gasteiger partial charge on any atom is 0.113 e. The van der Waals surface area contributed by atoms with Gasteiger partial charge in [0.1, 0.15) is 11.8 Å². The summed E-state index contributed by atoms with van der Waals surface area (Å²) in [6.07, 6.45) is 12.2. The monoisotopic (exact) mass is 515 g/mol. The Labute approximate surface area is 231 Å². The molecule has 0 bridgehead atoms. The topological polar surface area (TPSA) is 48.5 Å². The van der Waals surface area contributed by atoms with E-state index in [0.717, 1.165) is 63.3 Å². The molecule has 0 atom stereocenters. The number of hydrogen-bond donors (Lipinski definition) is 0. The SMILES string of the molecule is C1=Cc2c(c3ccc4c(ncn4-c4cccc(-c5ccccn5)c4)c3n2-c2cccc(-c3ccccn3)c2)CC1. The number of rotatable bonds is 4. The number of aromatic nitrogens is 5. The Bertz CT molecular complexity index is 2050. The second kappa shape index (κ2) is 9.17. The van der Waals surface area contributed by atoms with Crippen LogP contribution in [0.5, 0.6) is 0 Å². The molecular formula is C35H25N5. The lowest BCUT2D eigenvalue weighted by Gasteiger charge is -2.13. The van der Waals surface area contributed by atoms with Crippen LogP contribution < -0.4 is 0 Å². The quantitative estimate of drug-likeness (QED) is 0.238. The van der Waals surface area contributed by atoms with E-state index in [4.69, 9.17) is 4.98 Å². The smallest absolute Gasteiger partial charge is 0.113 e. The first-order valence-electron chi connectivity index (χ1n) is 13.6. The van der Waals surface area contributed by atoms with E-state index in [2.05, 4.69) is 98.0 Å². The fourth-order valence-corrected chi connectivity index (χ4v) is 5.95. The van der Waals surface area contributed by atoms with Crippen LogP contribution in [-0.2, 0) is 6.42 Å². The van der Waals surface area contributed by atoms with Gasteiger partial charge in [-0.05, 0) is 79.1 Å². The molecule has 5 heteroatoms. The Morgan fingerprint density at radius 3 is 2.10 bits per heavy atom. The summed E-state index contributed by atoms with van der Waals surface area (Å²) in [5, 5.41) is 1.27. The summed E-state index contributed by atoms with van der Waals surface area (Å²) in [7, 11) is 0. The fourth-order valence-electron chi connectivity index (χ4n) is 5.95. The van der Waals surface area contributed by atoms with Crippen LogP contribution in [0.15, 0.2) is 122 Å². The zero-order chi connectivity index (χ0) is 26.5. The number of benzene rings is 3. The van der Waals surface area contributed by atoms with E-state index in [1.54, 1.807) is 0 Å². The molecule has 0 unspecified atom stereocenters. The maximum absolute atomic E-state index is 5.03. The van der Waals surface area contributed by atoms with Gasteiger partial charge in [-0.2, -0.15) is 0 Å². The van der Waals surface area contributed by atoms with Gasteiger partial charge in [0.05, 0.1) is 22.4 Å². The third kappa shape index (κ3) is 3.59. The molecule has 190 valence electrons. The molecule has 1 aliphatic rings. The highest BCUT2D eigenvalue weighted by molar-refractivity contribution is 6.07. The molecule has 0 saturated carbocycles. The van der Waals surface area contributed by atoms with Gasteiger partial charge in [0.15, 0.2) is 0 Å². The van der Waals surface area contributed by atoms with Gasteiger partial charge in [0.2, 0.25) is 0 Å². The third-order valence-corrected chi connectivity index (χ3v) is 7.78. The van der Waals surface area contributed by atoms with Crippen LogP contribution in [0.25, 0.3) is 61.9 Å². The highest BCUT2D eigenvalue weighted by Crippen LogP contribution is 2.38. The van der Waals surface area contributed by atoms with Gasteiger partial charge in [-0.25, -0.2) is 4.98 Å². The Balaban J connectivity index is 1.35. The first kappa shape index (κ1) is 22.7. The molecule has 0 saturated heterocycles. The normalized spacial score (nSPS) is 12.7. The Morgan fingerprint density at radius 2 is 1.38 bits per heavy atom. The van der Waals surface area contributed by atoms with Crippen LogP contribution in [0, 0.1) is 0 Å². The van der Waals surface area contributed by atoms with Gasteiger partial charge >= 0.3 is 0 Å². The molecule has 0 aliphatic heterocycles. The van der Waals surface area contributed by atoms with Gasteiger partial charge in [-0.1, -0.05) is 48.5 Å². The summed E-state index contributed by atoms with van der Waals surface area (Å²) >= 11 is 0. The number of hydrogen-bond acceptors (Lipinski definition) is 3. The van der Waals surface area contributed by atoms with E-state index >= 15 is 0 Å². The van der Waals surface area contributed by atoms with E-state index in [0.29, 0.717) is 0 Å². The molecule has 1 aliphatic carbocycles. The standard InChI is InChI=1S/C35H25N5/c1-2-16-32-28(13-1)29-17-18-33-34(35(29)40(32)27-12-8-10-25(22-27)31-15-4-6-20-37-31)38-23-39(33)26-11-7-9-24(21-26)30-14-3-5-19-36-30/h2-12,14-23H,1,13H2. The number of aryl methyl sites for hydroxylation is 1. The second-order valence-electron chi connectivity index (χ2n) is 10.1. The molecule has 0 N–H and O–H groups in total.